The first kappa shape index (κ1) is 22.3. The zero-order chi connectivity index (χ0) is 22.1. The van der Waals surface area contributed by atoms with E-state index in [1.807, 2.05) is 91.0 Å². The van der Waals surface area contributed by atoms with Crippen molar-refractivity contribution in [3.8, 4) is 0 Å². The lowest BCUT2D eigenvalue weighted by atomic mass is 10.3. The molecular weight excluding hydrogens is 409 g/mol. The van der Waals surface area contributed by atoms with Crippen molar-refractivity contribution < 1.29 is 19.2 Å². The molecule has 0 saturated heterocycles. The van der Waals surface area contributed by atoms with Crippen LogP contribution in [0.25, 0.3) is 0 Å². The standard InChI is InChI=1S/C25H24NO4P/c1-3-30-25(28)24(26-29-2)23(27)19-31(20-13-7-4-8-14-20,21-15-9-5-10-16-21)22-17-11-6-12-18-22/h4-19H,3H2,1-2H3. The maximum absolute atomic E-state index is 13.4. The van der Waals surface area contributed by atoms with Gasteiger partial charge in [0, 0.05) is 0 Å². The summed E-state index contributed by atoms with van der Waals surface area (Å²) in [6, 6.07) is 29.6. The fraction of sp³-hybridized carbons (Fsp3) is 0.120. The molecule has 5 nitrogen and oxygen atoms in total. The third-order valence-electron chi connectivity index (χ3n) is 4.69. The van der Waals surface area contributed by atoms with Crippen LogP contribution in [0.2, 0.25) is 0 Å². The second-order valence-electron chi connectivity index (χ2n) is 6.57. The van der Waals surface area contributed by atoms with Crippen molar-refractivity contribution >= 4 is 46.1 Å². The summed E-state index contributed by atoms with van der Waals surface area (Å²) < 4.78 is 5.03. The number of carbonyl (C=O) groups excluding carboxylic acids is 2. The Morgan fingerprint density at radius 2 is 1.23 bits per heavy atom. The molecule has 0 amide bonds. The van der Waals surface area contributed by atoms with E-state index in [2.05, 4.69) is 5.16 Å². The molecule has 0 aliphatic heterocycles. The highest BCUT2D eigenvalue weighted by atomic mass is 31.2. The highest BCUT2D eigenvalue weighted by Gasteiger charge is 2.30. The fourth-order valence-electron chi connectivity index (χ4n) is 3.37. The molecule has 31 heavy (non-hydrogen) atoms. The molecule has 3 aromatic rings. The number of oxime groups is 1. The lowest BCUT2D eigenvalue weighted by molar-refractivity contribution is -0.135. The van der Waals surface area contributed by atoms with Gasteiger partial charge in [0.2, 0.25) is 11.5 Å². The molecule has 0 aliphatic carbocycles. The summed E-state index contributed by atoms with van der Waals surface area (Å²) in [6.45, 7) is -0.762. The van der Waals surface area contributed by atoms with E-state index < -0.39 is 18.6 Å². The Morgan fingerprint density at radius 3 is 1.58 bits per heavy atom. The Balaban J connectivity index is 2.36. The van der Waals surface area contributed by atoms with E-state index in [-0.39, 0.29) is 12.3 Å². The summed E-state index contributed by atoms with van der Waals surface area (Å²) in [6.07, 6.45) is 0. The van der Waals surface area contributed by atoms with Gasteiger partial charge in [-0.25, -0.2) is 4.79 Å². The topological polar surface area (TPSA) is 65.0 Å². The van der Waals surface area contributed by atoms with Crippen LogP contribution in [0.1, 0.15) is 6.92 Å². The van der Waals surface area contributed by atoms with E-state index in [0.717, 1.165) is 15.9 Å². The zero-order valence-electron chi connectivity index (χ0n) is 17.5. The smallest absolute Gasteiger partial charge is 0.364 e. The number of benzene rings is 3. The van der Waals surface area contributed by atoms with Crippen LogP contribution >= 0.6 is 6.89 Å². The van der Waals surface area contributed by atoms with Crippen molar-refractivity contribution in [3.63, 3.8) is 0 Å². The monoisotopic (exact) mass is 433 g/mol. The maximum Gasteiger partial charge on any atom is 0.364 e. The highest BCUT2D eigenvalue weighted by Crippen LogP contribution is 2.43. The van der Waals surface area contributed by atoms with Gasteiger partial charge in [0.1, 0.15) is 7.11 Å². The number of carbonyl (C=O) groups is 2. The average molecular weight is 433 g/mol. The molecule has 0 radical (unpaired) electrons. The van der Waals surface area contributed by atoms with Crippen molar-refractivity contribution in [1.29, 1.82) is 0 Å². The molecule has 158 valence electrons. The Kier molecular flexibility index (Phi) is 7.58. The van der Waals surface area contributed by atoms with Crippen molar-refractivity contribution in [2.45, 2.75) is 6.92 Å². The van der Waals surface area contributed by atoms with Crippen LogP contribution in [-0.4, -0.2) is 37.0 Å². The number of hydrogen-bond donors (Lipinski definition) is 0. The molecule has 0 aromatic heterocycles. The lowest BCUT2D eigenvalue weighted by Crippen LogP contribution is -2.33. The van der Waals surface area contributed by atoms with Crippen LogP contribution in [-0.2, 0) is 19.2 Å². The van der Waals surface area contributed by atoms with Gasteiger partial charge < -0.3 is 9.57 Å². The van der Waals surface area contributed by atoms with E-state index in [1.54, 1.807) is 12.7 Å². The van der Waals surface area contributed by atoms with Gasteiger partial charge in [0.05, 0.1) is 6.61 Å². The summed E-state index contributed by atoms with van der Waals surface area (Å²) in [5.41, 5.74) is -0.378. The van der Waals surface area contributed by atoms with Crippen molar-refractivity contribution in [3.05, 3.63) is 91.0 Å². The van der Waals surface area contributed by atoms with Crippen molar-refractivity contribution in [2.24, 2.45) is 5.16 Å². The average Bonchev–Trinajstić information content (AvgIpc) is 2.82. The minimum Gasteiger partial charge on any atom is -0.461 e. The van der Waals surface area contributed by atoms with Crippen LogP contribution in [0, 0.1) is 0 Å². The number of hydrogen-bond acceptors (Lipinski definition) is 5. The summed E-state index contributed by atoms with van der Waals surface area (Å²) in [7, 11) is 1.29. The molecule has 3 rings (SSSR count). The largest absolute Gasteiger partial charge is 0.461 e. The Bertz CT molecular complexity index is 1010. The lowest BCUT2D eigenvalue weighted by Gasteiger charge is -2.28. The van der Waals surface area contributed by atoms with E-state index in [0.29, 0.717) is 0 Å². The zero-order valence-corrected chi connectivity index (χ0v) is 18.4. The molecule has 0 saturated carbocycles. The van der Waals surface area contributed by atoms with Gasteiger partial charge >= 0.3 is 5.97 Å². The van der Waals surface area contributed by atoms with E-state index in [9.17, 15) is 9.59 Å². The molecule has 0 atom stereocenters. The molecule has 3 aromatic carbocycles. The predicted octanol–water partition coefficient (Wildman–Crippen LogP) is 2.92. The number of esters is 1. The van der Waals surface area contributed by atoms with Crippen LogP contribution < -0.4 is 15.9 Å². The second kappa shape index (κ2) is 10.6. The number of ether oxygens (including phenoxy) is 1. The SMILES string of the molecule is CCOC(=O)C(=NOC)C(=O)C=P(c1ccccc1)(c1ccccc1)c1ccccc1. The van der Waals surface area contributed by atoms with Crippen LogP contribution in [0.3, 0.4) is 0 Å². The van der Waals surface area contributed by atoms with E-state index in [1.165, 1.54) is 7.11 Å². The van der Waals surface area contributed by atoms with Gasteiger partial charge in [0.25, 0.3) is 0 Å². The number of nitrogens with zero attached hydrogens (tertiary/aromatic N) is 1. The summed E-state index contributed by atoms with van der Waals surface area (Å²) >= 11 is 0. The Hall–Kier alpha value is -3.43. The first-order valence-corrected chi connectivity index (χ1v) is 11.7. The van der Waals surface area contributed by atoms with Gasteiger partial charge in [-0.1, -0.05) is 96.2 Å². The number of Topliss-reactive ketones (excluding diaryl/α,β-unsaturated/α-hetero) is 1. The Morgan fingerprint density at radius 1 is 0.806 bits per heavy atom. The van der Waals surface area contributed by atoms with Crippen molar-refractivity contribution in [1.82, 2.24) is 0 Å². The third-order valence-corrected chi connectivity index (χ3v) is 8.65. The summed E-state index contributed by atoms with van der Waals surface area (Å²) in [4.78, 5) is 30.6. The molecule has 0 N–H and O–H groups in total. The second-order valence-corrected chi connectivity index (χ2v) is 9.82. The van der Waals surface area contributed by atoms with Gasteiger partial charge in [-0.2, -0.15) is 0 Å². The quantitative estimate of drug-likeness (QED) is 0.180. The van der Waals surface area contributed by atoms with Crippen molar-refractivity contribution in [2.75, 3.05) is 13.7 Å². The molecule has 0 fully saturated rings. The van der Waals surface area contributed by atoms with Gasteiger partial charge in [-0.15, -0.1) is 0 Å². The van der Waals surface area contributed by atoms with Gasteiger partial charge in [-0.05, 0) is 35.5 Å². The van der Waals surface area contributed by atoms with Crippen LogP contribution in [0.5, 0.6) is 0 Å². The molecule has 6 heteroatoms. The minimum atomic E-state index is -2.56. The maximum atomic E-state index is 13.4. The molecule has 0 bridgehead atoms. The van der Waals surface area contributed by atoms with Crippen LogP contribution in [0.4, 0.5) is 0 Å². The molecule has 0 spiro atoms. The third kappa shape index (κ3) is 4.84. The molecule has 0 aliphatic rings. The first-order valence-electron chi connectivity index (χ1n) is 9.87. The highest BCUT2D eigenvalue weighted by molar-refractivity contribution is 7.95. The van der Waals surface area contributed by atoms with E-state index in [4.69, 9.17) is 9.57 Å². The predicted molar refractivity (Wildman–Crippen MR) is 127 cm³/mol. The molecule has 0 unspecified atom stereocenters. The molecule has 0 heterocycles. The molecular formula is C25H24NO4P. The number of rotatable bonds is 8. The number of ketones is 1. The van der Waals surface area contributed by atoms with Gasteiger partial charge in [-0.3, -0.25) is 4.79 Å². The Labute approximate surface area is 182 Å². The fourth-order valence-corrected chi connectivity index (χ4v) is 7.11. The summed E-state index contributed by atoms with van der Waals surface area (Å²) in [5, 5.41) is 6.65. The van der Waals surface area contributed by atoms with Gasteiger partial charge in [0.15, 0.2) is 0 Å². The summed E-state index contributed by atoms with van der Waals surface area (Å²) in [5.74, 6) is 0.282. The first-order chi connectivity index (χ1) is 15.1. The van der Waals surface area contributed by atoms with E-state index >= 15 is 0 Å². The van der Waals surface area contributed by atoms with Crippen LogP contribution in [0.15, 0.2) is 96.2 Å². The minimum absolute atomic E-state index is 0.130. The normalized spacial score (nSPS) is 11.5.